The summed E-state index contributed by atoms with van der Waals surface area (Å²) < 4.78 is 0. The summed E-state index contributed by atoms with van der Waals surface area (Å²) in [5.41, 5.74) is 4.87. The van der Waals surface area contributed by atoms with Gasteiger partial charge in [0.2, 0.25) is 0 Å². The van der Waals surface area contributed by atoms with Crippen LogP contribution < -0.4 is 5.11 Å². The average Bonchev–Trinajstić information content (AvgIpc) is 2.83. The van der Waals surface area contributed by atoms with Crippen LogP contribution in [0.3, 0.4) is 0 Å². The van der Waals surface area contributed by atoms with Crippen molar-refractivity contribution in [1.29, 1.82) is 0 Å². The lowest BCUT2D eigenvalue weighted by Gasteiger charge is -2.53. The first-order valence-electron chi connectivity index (χ1n) is 13.8. The largest absolute Gasteiger partial charge is 0.550 e. The van der Waals surface area contributed by atoms with E-state index in [1.54, 1.807) is 128 Å². The van der Waals surface area contributed by atoms with E-state index in [0.29, 0.717) is 0 Å². The van der Waals surface area contributed by atoms with Crippen molar-refractivity contribution < 1.29 is 9.90 Å². The molecule has 0 bridgehead atoms. The molecular formula is C27H49O2P. The molecule has 0 N–H and O–H groups in total. The van der Waals surface area contributed by atoms with Crippen LogP contribution >= 0.6 is 7.26 Å². The van der Waals surface area contributed by atoms with Gasteiger partial charge in [-0.05, 0) is 109 Å². The van der Waals surface area contributed by atoms with Crippen LogP contribution in [0.15, 0.2) is 0 Å². The van der Waals surface area contributed by atoms with Crippen molar-refractivity contribution in [3.05, 3.63) is 0 Å². The molecule has 0 aromatic rings. The van der Waals surface area contributed by atoms with Crippen LogP contribution in [-0.2, 0) is 4.79 Å². The van der Waals surface area contributed by atoms with E-state index in [0.717, 1.165) is 0 Å². The quantitative estimate of drug-likeness (QED) is 0.419. The van der Waals surface area contributed by atoms with Gasteiger partial charge >= 0.3 is 0 Å². The summed E-state index contributed by atoms with van der Waals surface area (Å²) in [5, 5.41) is 9.26. The Kier molecular flexibility index (Phi) is 10.5. The molecule has 3 heteroatoms. The molecule has 0 atom stereocenters. The molecule has 0 aromatic carbocycles. The lowest BCUT2D eigenvalue weighted by atomic mass is 9.98. The SMILES string of the molecule is C1CCC([P+](C2CCCCC2)(C2CCCCC2)C2CCCCC2)CC1.CCC(=O)[O-]. The van der Waals surface area contributed by atoms with Gasteiger partial charge in [0.05, 0.1) is 22.6 Å². The molecule has 30 heavy (non-hydrogen) atoms. The predicted molar refractivity (Wildman–Crippen MR) is 130 cm³/mol. The lowest BCUT2D eigenvalue weighted by Crippen LogP contribution is -2.42. The first-order valence-corrected chi connectivity index (χ1v) is 15.8. The van der Waals surface area contributed by atoms with E-state index in [1.165, 1.54) is 29.6 Å². The fourth-order valence-electron chi connectivity index (χ4n) is 7.90. The molecule has 0 amide bonds. The van der Waals surface area contributed by atoms with E-state index in [9.17, 15) is 9.90 Å². The Morgan fingerprint density at radius 3 is 0.933 bits per heavy atom. The second-order valence-electron chi connectivity index (χ2n) is 10.8. The predicted octanol–water partition coefficient (Wildman–Crippen LogP) is 7.48. The summed E-state index contributed by atoms with van der Waals surface area (Å²) in [6, 6.07) is 0. The molecular weight excluding hydrogens is 387 g/mol. The monoisotopic (exact) mass is 436 g/mol. The summed E-state index contributed by atoms with van der Waals surface area (Å²) >= 11 is 0. The molecule has 0 unspecified atom stereocenters. The highest BCUT2D eigenvalue weighted by atomic mass is 31.2. The molecule has 0 aliphatic heterocycles. The molecule has 174 valence electrons. The van der Waals surface area contributed by atoms with Crippen LogP contribution in [-0.4, -0.2) is 28.6 Å². The second-order valence-corrected chi connectivity index (χ2v) is 15.5. The molecule has 0 saturated heterocycles. The Morgan fingerprint density at radius 2 is 0.767 bits per heavy atom. The lowest BCUT2D eigenvalue weighted by molar-refractivity contribution is -0.305. The van der Waals surface area contributed by atoms with Crippen molar-refractivity contribution in [3.8, 4) is 0 Å². The molecule has 4 saturated carbocycles. The van der Waals surface area contributed by atoms with Gasteiger partial charge in [0.1, 0.15) is 0 Å². The molecule has 0 spiro atoms. The van der Waals surface area contributed by atoms with Crippen LogP contribution in [0.5, 0.6) is 0 Å². The van der Waals surface area contributed by atoms with E-state index in [-0.39, 0.29) is 6.42 Å². The van der Waals surface area contributed by atoms with Crippen molar-refractivity contribution in [1.82, 2.24) is 0 Å². The molecule has 2 nitrogen and oxygen atoms in total. The third-order valence-corrected chi connectivity index (χ3v) is 16.2. The van der Waals surface area contributed by atoms with Gasteiger partial charge in [-0.15, -0.1) is 0 Å². The van der Waals surface area contributed by atoms with Crippen LogP contribution in [0.2, 0.25) is 0 Å². The van der Waals surface area contributed by atoms with Gasteiger partial charge in [-0.2, -0.15) is 0 Å². The molecule has 4 fully saturated rings. The zero-order chi connectivity index (χ0) is 21.2. The highest BCUT2D eigenvalue weighted by Gasteiger charge is 2.61. The summed E-state index contributed by atoms with van der Waals surface area (Å²) in [5.74, 6) is -0.995. The Morgan fingerprint density at radius 1 is 0.567 bits per heavy atom. The molecule has 0 heterocycles. The molecule has 0 radical (unpaired) electrons. The van der Waals surface area contributed by atoms with Gasteiger partial charge in [0, 0.05) is 13.2 Å². The molecule has 4 aliphatic rings. The summed E-state index contributed by atoms with van der Waals surface area (Å²) in [4.78, 5) is 9.26. The van der Waals surface area contributed by atoms with Gasteiger partial charge in [-0.3, -0.25) is 0 Å². The topological polar surface area (TPSA) is 40.1 Å². The fraction of sp³-hybridized carbons (Fsp3) is 0.963. The summed E-state index contributed by atoms with van der Waals surface area (Å²) in [6.45, 7) is 1.54. The zero-order valence-corrected chi connectivity index (χ0v) is 20.8. The van der Waals surface area contributed by atoms with Crippen molar-refractivity contribution in [2.24, 2.45) is 0 Å². The van der Waals surface area contributed by atoms with Crippen LogP contribution in [0.4, 0.5) is 0 Å². The Hall–Kier alpha value is -0.100. The normalized spacial score (nSPS) is 26.0. The third-order valence-electron chi connectivity index (χ3n) is 9.12. The highest BCUT2D eigenvalue weighted by molar-refractivity contribution is 7.78. The average molecular weight is 437 g/mol. The molecule has 4 rings (SSSR count). The van der Waals surface area contributed by atoms with Crippen molar-refractivity contribution in [2.75, 3.05) is 0 Å². The maximum atomic E-state index is 9.26. The standard InChI is InChI=1S/C24H44P.C3H6O2/c1-5-13-21(14-6-1)25(22-15-7-2-8-16-22,23-17-9-3-10-18-23)24-19-11-4-12-20-24;1-2-3(4)5/h21-24H,1-20H2;2H2,1H3,(H,4,5)/q+1;/p-1. The minimum absolute atomic E-state index is 0.111. The van der Waals surface area contributed by atoms with E-state index in [2.05, 4.69) is 0 Å². The first-order chi connectivity index (χ1) is 14.7. The van der Waals surface area contributed by atoms with Gasteiger partial charge in [-0.1, -0.05) is 32.6 Å². The second kappa shape index (κ2) is 12.8. The number of aliphatic carboxylic acids is 1. The maximum Gasteiger partial charge on any atom is 0.0705 e. The Labute approximate surface area is 187 Å². The molecule has 4 aliphatic carbocycles. The van der Waals surface area contributed by atoms with E-state index in [1.807, 2.05) is 0 Å². The van der Waals surface area contributed by atoms with E-state index < -0.39 is 13.2 Å². The smallest absolute Gasteiger partial charge is 0.0705 e. The Balaban J connectivity index is 0.000000461. The Bertz CT molecular complexity index is 404. The zero-order valence-electron chi connectivity index (χ0n) is 19.9. The number of carboxylic acid groups (broad SMARTS) is 1. The maximum absolute atomic E-state index is 9.26. The highest BCUT2D eigenvalue weighted by Crippen LogP contribution is 2.81. The third kappa shape index (κ3) is 6.02. The number of carbonyl (C=O) groups is 1. The minimum Gasteiger partial charge on any atom is -0.550 e. The van der Waals surface area contributed by atoms with Crippen LogP contribution in [0.25, 0.3) is 0 Å². The number of rotatable bonds is 5. The number of hydrogen-bond acceptors (Lipinski definition) is 2. The van der Waals surface area contributed by atoms with Gasteiger partial charge < -0.3 is 9.90 Å². The number of hydrogen-bond donors (Lipinski definition) is 0. The van der Waals surface area contributed by atoms with Crippen LogP contribution in [0, 0.1) is 0 Å². The van der Waals surface area contributed by atoms with E-state index >= 15 is 0 Å². The molecule has 0 aromatic heterocycles. The van der Waals surface area contributed by atoms with Crippen molar-refractivity contribution in [2.45, 2.75) is 164 Å². The van der Waals surface area contributed by atoms with Crippen molar-refractivity contribution >= 4 is 13.2 Å². The summed E-state index contributed by atoms with van der Waals surface area (Å²) in [7, 11) is -0.798. The minimum atomic E-state index is -0.995. The van der Waals surface area contributed by atoms with Gasteiger partial charge in [0.15, 0.2) is 0 Å². The summed E-state index contributed by atoms with van der Waals surface area (Å²) in [6.07, 6.45) is 32.2. The van der Waals surface area contributed by atoms with Crippen LogP contribution in [0.1, 0.15) is 142 Å². The van der Waals surface area contributed by atoms with Gasteiger partial charge in [0.25, 0.3) is 0 Å². The number of carbonyl (C=O) groups excluding carboxylic acids is 1. The number of carboxylic acids is 1. The van der Waals surface area contributed by atoms with Gasteiger partial charge in [-0.25, -0.2) is 0 Å². The fourth-order valence-corrected chi connectivity index (χ4v) is 16.5. The first kappa shape index (κ1) is 24.5. The van der Waals surface area contributed by atoms with Crippen molar-refractivity contribution in [3.63, 3.8) is 0 Å². The van der Waals surface area contributed by atoms with E-state index in [4.69, 9.17) is 0 Å².